The van der Waals surface area contributed by atoms with Gasteiger partial charge in [-0.25, -0.2) is 9.37 Å². The number of nitrogens with zero attached hydrogens (tertiary/aromatic N) is 2. The highest BCUT2D eigenvalue weighted by molar-refractivity contribution is 7.18. The number of nitrogens with two attached hydrogens (primary N) is 1. The lowest BCUT2D eigenvalue weighted by Crippen LogP contribution is -2.40. The van der Waals surface area contributed by atoms with Crippen molar-refractivity contribution < 1.29 is 13.9 Å². The quantitative estimate of drug-likeness (QED) is 0.439. The van der Waals surface area contributed by atoms with E-state index in [1.54, 1.807) is 6.07 Å². The van der Waals surface area contributed by atoms with Crippen LogP contribution >= 0.6 is 11.3 Å². The zero-order valence-electron chi connectivity index (χ0n) is 18.9. The molecule has 2 heterocycles. The number of ether oxygens (including phenoxy) is 1. The number of anilines is 3. The molecule has 0 amide bonds. The summed E-state index contributed by atoms with van der Waals surface area (Å²) in [6, 6.07) is 12.1. The fourth-order valence-electron chi connectivity index (χ4n) is 4.00. The van der Waals surface area contributed by atoms with Gasteiger partial charge in [-0.2, -0.15) is 0 Å². The molecule has 1 fully saturated rings. The number of nitrogen functional groups attached to an aromatic ring is 1. The first kappa shape index (κ1) is 23.2. The van der Waals surface area contributed by atoms with E-state index in [1.165, 1.54) is 23.5 Å². The van der Waals surface area contributed by atoms with Gasteiger partial charge in [0, 0.05) is 17.8 Å². The van der Waals surface area contributed by atoms with Crippen LogP contribution < -0.4 is 15.8 Å². The summed E-state index contributed by atoms with van der Waals surface area (Å²) < 4.78 is 19.9. The second kappa shape index (κ2) is 10.3. The summed E-state index contributed by atoms with van der Waals surface area (Å²) in [4.78, 5) is 20.0. The molecule has 0 spiro atoms. The lowest BCUT2D eigenvalue weighted by atomic mass is 10.0. The van der Waals surface area contributed by atoms with Crippen molar-refractivity contribution in [2.24, 2.45) is 0 Å². The van der Waals surface area contributed by atoms with Crippen LogP contribution in [0.4, 0.5) is 21.0 Å². The average molecular weight is 469 g/mol. The van der Waals surface area contributed by atoms with Crippen molar-refractivity contribution in [3.63, 3.8) is 0 Å². The molecule has 0 aliphatic carbocycles. The van der Waals surface area contributed by atoms with Crippen molar-refractivity contribution in [3.8, 4) is 5.75 Å². The minimum Gasteiger partial charge on any atom is -0.489 e. The van der Waals surface area contributed by atoms with E-state index < -0.39 is 0 Å². The van der Waals surface area contributed by atoms with Crippen LogP contribution in [0.5, 0.6) is 5.75 Å². The number of aromatic nitrogens is 1. The summed E-state index contributed by atoms with van der Waals surface area (Å²) in [6.07, 6.45) is 2.95. The van der Waals surface area contributed by atoms with Gasteiger partial charge in [0.2, 0.25) is 5.78 Å². The van der Waals surface area contributed by atoms with Gasteiger partial charge >= 0.3 is 0 Å². The molecule has 1 atom stereocenters. The Kier molecular flexibility index (Phi) is 7.25. The Labute approximate surface area is 197 Å². The van der Waals surface area contributed by atoms with Crippen LogP contribution in [0.25, 0.3) is 0 Å². The molecule has 0 bridgehead atoms. The van der Waals surface area contributed by atoms with Gasteiger partial charge in [0.05, 0.1) is 0 Å². The number of carbonyl (C=O) groups excluding carboxylic acids is 1. The van der Waals surface area contributed by atoms with E-state index in [9.17, 15) is 9.18 Å². The number of likely N-dealkylation sites (tertiary alicyclic amines) is 1. The van der Waals surface area contributed by atoms with Crippen LogP contribution in [0.2, 0.25) is 0 Å². The lowest BCUT2D eigenvalue weighted by Gasteiger charge is -2.32. The van der Waals surface area contributed by atoms with Crippen molar-refractivity contribution in [2.45, 2.75) is 39.2 Å². The Morgan fingerprint density at radius 3 is 2.79 bits per heavy atom. The van der Waals surface area contributed by atoms with E-state index in [2.05, 4.69) is 22.1 Å². The summed E-state index contributed by atoms with van der Waals surface area (Å²) in [5, 5.41) is 3.72. The van der Waals surface area contributed by atoms with Crippen LogP contribution in [-0.2, 0) is 6.42 Å². The molecule has 8 heteroatoms. The molecular weight excluding hydrogens is 439 g/mol. The number of likely N-dealkylation sites (N-methyl/N-ethyl adjacent to an activating group) is 1. The van der Waals surface area contributed by atoms with Gasteiger partial charge in [-0.05, 0) is 80.4 Å². The number of ketones is 1. The van der Waals surface area contributed by atoms with Crippen LogP contribution in [0.1, 0.15) is 47.5 Å². The van der Waals surface area contributed by atoms with Crippen LogP contribution in [-0.4, -0.2) is 41.4 Å². The van der Waals surface area contributed by atoms with Crippen LogP contribution in [0.15, 0.2) is 42.5 Å². The van der Waals surface area contributed by atoms with E-state index in [-0.39, 0.29) is 23.5 Å². The van der Waals surface area contributed by atoms with Crippen molar-refractivity contribution in [1.29, 1.82) is 0 Å². The van der Waals surface area contributed by atoms with E-state index >= 15 is 0 Å². The van der Waals surface area contributed by atoms with E-state index in [0.29, 0.717) is 27.6 Å². The zero-order chi connectivity index (χ0) is 23.4. The fourth-order valence-corrected chi connectivity index (χ4v) is 4.86. The summed E-state index contributed by atoms with van der Waals surface area (Å²) in [7, 11) is 0. The molecule has 2 aromatic carbocycles. The minimum atomic E-state index is -0.313. The predicted octanol–water partition coefficient (Wildman–Crippen LogP) is 5.26. The first-order valence-corrected chi connectivity index (χ1v) is 12.1. The van der Waals surface area contributed by atoms with Gasteiger partial charge in [0.25, 0.3) is 0 Å². The zero-order valence-corrected chi connectivity index (χ0v) is 19.8. The van der Waals surface area contributed by atoms with Gasteiger partial charge < -0.3 is 15.8 Å². The van der Waals surface area contributed by atoms with Crippen molar-refractivity contribution in [3.05, 3.63) is 64.3 Å². The number of hydrogen-bond acceptors (Lipinski definition) is 7. The third kappa shape index (κ3) is 5.51. The molecular formula is C25H29FN4O2S. The lowest BCUT2D eigenvalue weighted by molar-refractivity contribution is 0.0920. The molecule has 1 aromatic heterocycles. The predicted molar refractivity (Wildman–Crippen MR) is 131 cm³/mol. The molecule has 33 heavy (non-hydrogen) atoms. The molecule has 1 saturated heterocycles. The number of carbonyl (C=O) groups is 1. The number of halogens is 1. The summed E-state index contributed by atoms with van der Waals surface area (Å²) in [6.45, 7) is 7.17. The van der Waals surface area contributed by atoms with E-state index in [0.717, 1.165) is 43.9 Å². The average Bonchev–Trinajstić information content (AvgIpc) is 3.20. The molecule has 3 aromatic rings. The maximum Gasteiger partial charge on any atom is 0.206 e. The van der Waals surface area contributed by atoms with Gasteiger partial charge in [-0.3, -0.25) is 9.69 Å². The SMILES string of the molecule is CCc1cc(C(=O)c2sc(Nc3ccc(OC4CCCN(CC)C4)cc3)nc2N)ccc1F. The number of piperidine rings is 1. The smallest absolute Gasteiger partial charge is 0.206 e. The fraction of sp³-hybridized carbons (Fsp3) is 0.360. The Morgan fingerprint density at radius 2 is 2.06 bits per heavy atom. The molecule has 0 saturated carbocycles. The highest BCUT2D eigenvalue weighted by Crippen LogP contribution is 2.31. The first-order valence-electron chi connectivity index (χ1n) is 11.3. The Bertz CT molecular complexity index is 1120. The number of nitrogens with one attached hydrogen (secondary N) is 1. The second-order valence-corrected chi connectivity index (χ2v) is 9.15. The summed E-state index contributed by atoms with van der Waals surface area (Å²) in [5.74, 6) is 0.422. The van der Waals surface area contributed by atoms with Crippen molar-refractivity contribution in [1.82, 2.24) is 9.88 Å². The molecule has 174 valence electrons. The molecule has 6 nitrogen and oxygen atoms in total. The van der Waals surface area contributed by atoms with Gasteiger partial charge in [-0.1, -0.05) is 25.2 Å². The number of rotatable bonds is 8. The normalized spacial score (nSPS) is 16.5. The second-order valence-electron chi connectivity index (χ2n) is 8.15. The highest BCUT2D eigenvalue weighted by atomic mass is 32.1. The van der Waals surface area contributed by atoms with Crippen LogP contribution in [0, 0.1) is 5.82 Å². The summed E-state index contributed by atoms with van der Waals surface area (Å²) >= 11 is 1.18. The van der Waals surface area contributed by atoms with Crippen molar-refractivity contribution in [2.75, 3.05) is 30.7 Å². The topological polar surface area (TPSA) is 80.5 Å². The van der Waals surface area contributed by atoms with Crippen molar-refractivity contribution >= 4 is 33.8 Å². The minimum absolute atomic E-state index is 0.160. The standard InChI is InChI=1S/C25H29FN4O2S/c1-3-16-14-17(7-12-21(16)26)22(31)23-24(27)29-25(33-23)28-18-8-10-19(11-9-18)32-20-6-5-13-30(4-2)15-20/h7-12,14,20H,3-6,13,15,27H2,1-2H3,(H,28,29). The van der Waals surface area contributed by atoms with Gasteiger partial charge in [-0.15, -0.1) is 0 Å². The molecule has 1 aliphatic rings. The molecule has 1 aliphatic heterocycles. The number of thiazole rings is 1. The Balaban J connectivity index is 1.42. The highest BCUT2D eigenvalue weighted by Gasteiger charge is 2.21. The van der Waals surface area contributed by atoms with Crippen LogP contribution in [0.3, 0.4) is 0 Å². The maximum atomic E-state index is 13.8. The number of hydrogen-bond donors (Lipinski definition) is 2. The Morgan fingerprint density at radius 1 is 1.27 bits per heavy atom. The third-order valence-electron chi connectivity index (χ3n) is 5.87. The molecule has 3 N–H and O–H groups in total. The number of aryl methyl sites for hydroxylation is 1. The Hall–Kier alpha value is -2.97. The first-order chi connectivity index (χ1) is 16.0. The summed E-state index contributed by atoms with van der Waals surface area (Å²) in [5.41, 5.74) is 7.75. The monoisotopic (exact) mass is 468 g/mol. The molecule has 4 rings (SSSR count). The van der Waals surface area contributed by atoms with E-state index in [1.807, 2.05) is 31.2 Å². The molecule has 0 radical (unpaired) electrons. The number of benzene rings is 2. The maximum absolute atomic E-state index is 13.8. The van der Waals surface area contributed by atoms with Gasteiger partial charge in [0.15, 0.2) is 5.13 Å². The molecule has 1 unspecified atom stereocenters. The van der Waals surface area contributed by atoms with E-state index in [4.69, 9.17) is 10.5 Å². The van der Waals surface area contributed by atoms with Gasteiger partial charge in [0.1, 0.15) is 28.4 Å². The third-order valence-corrected chi connectivity index (χ3v) is 6.85. The largest absolute Gasteiger partial charge is 0.489 e.